The van der Waals surface area contributed by atoms with Gasteiger partial charge < -0.3 is 10.2 Å². The second-order valence-electron chi connectivity index (χ2n) is 7.84. The Morgan fingerprint density at radius 1 is 1.33 bits per heavy atom. The van der Waals surface area contributed by atoms with Crippen molar-refractivity contribution in [1.29, 1.82) is 0 Å². The molecule has 0 spiro atoms. The second-order valence-corrected chi connectivity index (χ2v) is 9.52. The van der Waals surface area contributed by atoms with Crippen LogP contribution in [0.1, 0.15) is 30.3 Å². The van der Waals surface area contributed by atoms with E-state index in [-0.39, 0.29) is 23.7 Å². The number of nitrogens with one attached hydrogen (secondary N) is 1. The molecule has 5 nitrogen and oxygen atoms in total. The molecule has 2 unspecified atom stereocenters. The van der Waals surface area contributed by atoms with Gasteiger partial charge in [0.1, 0.15) is 11.9 Å². The van der Waals surface area contributed by atoms with Crippen molar-refractivity contribution in [2.45, 2.75) is 32.9 Å². The van der Waals surface area contributed by atoms with E-state index in [4.69, 9.17) is 23.2 Å². The maximum absolute atomic E-state index is 13.8. The van der Waals surface area contributed by atoms with E-state index >= 15 is 0 Å². The zero-order valence-corrected chi connectivity index (χ0v) is 19.7. The standard InChI is InChI=1S/C22H27Cl2N3O2S/c1-14(2)17-13-26(9-8-25-17)22(29)21(19-5-4-10-30-19)27(20(28)12-23)18-7-6-16(24)11-15(18)3/h4-7,10-11,14,17,21,25H,8-9,12-13H2,1-3H3. The van der Waals surface area contributed by atoms with Crippen molar-refractivity contribution < 1.29 is 9.59 Å². The lowest BCUT2D eigenvalue weighted by atomic mass is 10.0. The zero-order valence-electron chi connectivity index (χ0n) is 17.4. The molecule has 1 aromatic heterocycles. The minimum Gasteiger partial charge on any atom is -0.338 e. The molecule has 2 amide bonds. The summed E-state index contributed by atoms with van der Waals surface area (Å²) in [7, 11) is 0. The first-order chi connectivity index (χ1) is 14.3. The Hall–Kier alpha value is -1.60. The van der Waals surface area contributed by atoms with E-state index in [1.54, 1.807) is 23.1 Å². The van der Waals surface area contributed by atoms with Gasteiger partial charge >= 0.3 is 0 Å². The molecule has 0 radical (unpaired) electrons. The van der Waals surface area contributed by atoms with Crippen LogP contribution in [0.2, 0.25) is 5.02 Å². The van der Waals surface area contributed by atoms with E-state index in [0.717, 1.165) is 17.0 Å². The predicted octanol–water partition coefficient (Wildman–Crippen LogP) is 4.48. The van der Waals surface area contributed by atoms with Crippen LogP contribution < -0.4 is 10.2 Å². The number of anilines is 1. The highest BCUT2D eigenvalue weighted by Gasteiger charge is 2.38. The minimum atomic E-state index is -0.762. The molecule has 3 rings (SSSR count). The molecule has 162 valence electrons. The molecule has 1 aliphatic rings. The number of nitrogens with zero attached hydrogens (tertiary/aromatic N) is 2. The summed E-state index contributed by atoms with van der Waals surface area (Å²) in [6.07, 6.45) is 0. The van der Waals surface area contributed by atoms with Crippen LogP contribution in [-0.4, -0.2) is 48.3 Å². The Labute approximate surface area is 192 Å². The van der Waals surface area contributed by atoms with E-state index < -0.39 is 6.04 Å². The van der Waals surface area contributed by atoms with Gasteiger partial charge in [-0.2, -0.15) is 0 Å². The number of hydrogen-bond acceptors (Lipinski definition) is 4. The average Bonchev–Trinajstić information content (AvgIpc) is 3.26. The number of aryl methyl sites for hydroxylation is 1. The van der Waals surface area contributed by atoms with Crippen LogP contribution in [0.25, 0.3) is 0 Å². The largest absolute Gasteiger partial charge is 0.338 e. The van der Waals surface area contributed by atoms with Gasteiger partial charge in [0.25, 0.3) is 5.91 Å². The molecule has 30 heavy (non-hydrogen) atoms. The van der Waals surface area contributed by atoms with Crippen LogP contribution in [0.4, 0.5) is 5.69 Å². The Morgan fingerprint density at radius 2 is 2.10 bits per heavy atom. The predicted molar refractivity (Wildman–Crippen MR) is 125 cm³/mol. The Morgan fingerprint density at radius 3 is 2.70 bits per heavy atom. The number of rotatable bonds is 6. The topological polar surface area (TPSA) is 52.7 Å². The van der Waals surface area contributed by atoms with Crippen LogP contribution in [-0.2, 0) is 9.59 Å². The van der Waals surface area contributed by atoms with Crippen molar-refractivity contribution in [3.63, 3.8) is 0 Å². The number of hydrogen-bond donors (Lipinski definition) is 1. The third-order valence-corrected chi connectivity index (χ3v) is 6.82. The minimum absolute atomic E-state index is 0.0857. The molecular formula is C22H27Cl2N3O2S. The normalized spacial score (nSPS) is 17.8. The number of halogens is 2. The fraction of sp³-hybridized carbons (Fsp3) is 0.455. The first-order valence-corrected chi connectivity index (χ1v) is 11.8. The summed E-state index contributed by atoms with van der Waals surface area (Å²) >= 11 is 13.6. The Bertz CT molecular complexity index is 889. The maximum Gasteiger partial charge on any atom is 0.251 e. The van der Waals surface area contributed by atoms with Crippen LogP contribution in [0, 0.1) is 12.8 Å². The van der Waals surface area contributed by atoms with Crippen molar-refractivity contribution in [3.8, 4) is 0 Å². The third-order valence-electron chi connectivity index (χ3n) is 5.43. The smallest absolute Gasteiger partial charge is 0.251 e. The van der Waals surface area contributed by atoms with Gasteiger partial charge in [-0.1, -0.05) is 31.5 Å². The number of benzene rings is 1. The summed E-state index contributed by atoms with van der Waals surface area (Å²) < 4.78 is 0. The number of alkyl halides is 1. The zero-order chi connectivity index (χ0) is 21.8. The molecule has 0 saturated carbocycles. The van der Waals surface area contributed by atoms with Gasteiger partial charge in [0.15, 0.2) is 0 Å². The van der Waals surface area contributed by atoms with Crippen molar-refractivity contribution >= 4 is 52.0 Å². The summed E-state index contributed by atoms with van der Waals surface area (Å²) in [5.74, 6) is -0.213. The van der Waals surface area contributed by atoms with Gasteiger partial charge in [0.05, 0.1) is 0 Å². The molecular weight excluding hydrogens is 441 g/mol. The summed E-state index contributed by atoms with van der Waals surface area (Å²) in [6.45, 7) is 8.11. The van der Waals surface area contributed by atoms with Crippen molar-refractivity contribution in [3.05, 3.63) is 51.2 Å². The van der Waals surface area contributed by atoms with Gasteiger partial charge in [0.2, 0.25) is 5.91 Å². The highest BCUT2D eigenvalue weighted by atomic mass is 35.5. The highest BCUT2D eigenvalue weighted by Crippen LogP contribution is 2.35. The molecule has 2 atom stereocenters. The number of piperazine rings is 1. The van der Waals surface area contributed by atoms with Crippen LogP contribution >= 0.6 is 34.5 Å². The lowest BCUT2D eigenvalue weighted by Crippen LogP contribution is -2.57. The van der Waals surface area contributed by atoms with Gasteiger partial charge in [-0.3, -0.25) is 14.5 Å². The van der Waals surface area contributed by atoms with E-state index in [1.165, 1.54) is 11.3 Å². The summed E-state index contributed by atoms with van der Waals surface area (Å²) in [6, 6.07) is 8.56. The van der Waals surface area contributed by atoms with E-state index in [2.05, 4.69) is 19.2 Å². The van der Waals surface area contributed by atoms with Crippen molar-refractivity contribution in [1.82, 2.24) is 10.2 Å². The first kappa shape index (κ1) is 23.1. The third kappa shape index (κ3) is 4.99. The summed E-state index contributed by atoms with van der Waals surface area (Å²) in [5, 5.41) is 5.98. The van der Waals surface area contributed by atoms with E-state index in [1.807, 2.05) is 29.3 Å². The maximum atomic E-state index is 13.8. The lowest BCUT2D eigenvalue weighted by molar-refractivity contribution is -0.135. The quantitative estimate of drug-likeness (QED) is 0.637. The molecule has 1 N–H and O–H groups in total. The molecule has 2 heterocycles. The molecule has 1 fully saturated rings. The summed E-state index contributed by atoms with van der Waals surface area (Å²) in [5.41, 5.74) is 1.46. The first-order valence-electron chi connectivity index (χ1n) is 10.0. The van der Waals surface area contributed by atoms with Gasteiger partial charge in [0, 0.05) is 41.3 Å². The average molecular weight is 468 g/mol. The van der Waals surface area contributed by atoms with Gasteiger partial charge in [-0.15, -0.1) is 22.9 Å². The van der Waals surface area contributed by atoms with Crippen molar-refractivity contribution in [2.24, 2.45) is 5.92 Å². The number of carbonyl (C=O) groups excluding carboxylic acids is 2. The fourth-order valence-corrected chi connectivity index (χ4v) is 4.94. The molecule has 2 aromatic rings. The second kappa shape index (κ2) is 10.1. The summed E-state index contributed by atoms with van der Waals surface area (Å²) in [4.78, 5) is 31.1. The lowest BCUT2D eigenvalue weighted by Gasteiger charge is -2.40. The van der Waals surface area contributed by atoms with Crippen LogP contribution in [0.15, 0.2) is 35.7 Å². The van der Waals surface area contributed by atoms with Crippen LogP contribution in [0.5, 0.6) is 0 Å². The number of carbonyl (C=O) groups is 2. The highest BCUT2D eigenvalue weighted by molar-refractivity contribution is 7.10. The Balaban J connectivity index is 2.04. The molecule has 8 heteroatoms. The number of amides is 2. The number of thiophene rings is 1. The fourth-order valence-electron chi connectivity index (χ4n) is 3.78. The molecule has 0 bridgehead atoms. The van der Waals surface area contributed by atoms with E-state index in [0.29, 0.717) is 29.7 Å². The van der Waals surface area contributed by atoms with Gasteiger partial charge in [-0.25, -0.2) is 0 Å². The van der Waals surface area contributed by atoms with Gasteiger partial charge in [-0.05, 0) is 48.1 Å². The van der Waals surface area contributed by atoms with E-state index in [9.17, 15) is 9.59 Å². The molecule has 1 saturated heterocycles. The molecule has 0 aliphatic carbocycles. The van der Waals surface area contributed by atoms with Crippen LogP contribution in [0.3, 0.4) is 0 Å². The van der Waals surface area contributed by atoms with Crippen molar-refractivity contribution in [2.75, 3.05) is 30.4 Å². The SMILES string of the molecule is Cc1cc(Cl)ccc1N(C(=O)CCl)C(C(=O)N1CCNC(C(C)C)C1)c1cccs1. The Kier molecular flexibility index (Phi) is 7.80. The molecule has 1 aliphatic heterocycles. The molecule has 1 aromatic carbocycles. The monoisotopic (exact) mass is 467 g/mol.